The van der Waals surface area contributed by atoms with Crippen LogP contribution in [0.3, 0.4) is 0 Å². The lowest BCUT2D eigenvalue weighted by Gasteiger charge is -2.21. The number of carbonyl (C=O) groups excluding carboxylic acids is 1. The fraction of sp³-hybridized carbons (Fsp3) is 0.467. The molecule has 1 aromatic rings. The SMILES string of the molecule is CN(CCc1ccc(Br)cc1)C(=O)[C@@H]1CC[C@H](C(=O)O)O1. The molecule has 1 aromatic carbocycles. The third kappa shape index (κ3) is 4.28. The summed E-state index contributed by atoms with van der Waals surface area (Å²) in [5.74, 6) is -1.14. The smallest absolute Gasteiger partial charge is 0.332 e. The van der Waals surface area contributed by atoms with E-state index in [1.807, 2.05) is 24.3 Å². The Morgan fingerprint density at radius 1 is 1.29 bits per heavy atom. The van der Waals surface area contributed by atoms with Crippen molar-refractivity contribution in [2.45, 2.75) is 31.5 Å². The number of halogens is 1. The minimum absolute atomic E-state index is 0.143. The molecule has 0 saturated carbocycles. The summed E-state index contributed by atoms with van der Waals surface area (Å²) < 4.78 is 6.30. The highest BCUT2D eigenvalue weighted by Crippen LogP contribution is 2.21. The quantitative estimate of drug-likeness (QED) is 0.877. The van der Waals surface area contributed by atoms with Crippen molar-refractivity contribution in [3.05, 3.63) is 34.3 Å². The van der Waals surface area contributed by atoms with Crippen LogP contribution in [0.4, 0.5) is 0 Å². The van der Waals surface area contributed by atoms with Crippen LogP contribution in [0.25, 0.3) is 0 Å². The maximum Gasteiger partial charge on any atom is 0.332 e. The molecule has 21 heavy (non-hydrogen) atoms. The molecule has 0 unspecified atom stereocenters. The summed E-state index contributed by atoms with van der Waals surface area (Å²) >= 11 is 3.38. The molecule has 5 nitrogen and oxygen atoms in total. The molecule has 114 valence electrons. The van der Waals surface area contributed by atoms with Crippen molar-refractivity contribution in [2.75, 3.05) is 13.6 Å². The van der Waals surface area contributed by atoms with Gasteiger partial charge in [0.2, 0.25) is 0 Å². The number of ether oxygens (including phenoxy) is 1. The van der Waals surface area contributed by atoms with E-state index in [2.05, 4.69) is 15.9 Å². The lowest BCUT2D eigenvalue weighted by molar-refractivity contribution is -0.154. The lowest BCUT2D eigenvalue weighted by Crippen LogP contribution is -2.38. The number of hydrogen-bond donors (Lipinski definition) is 1. The molecular formula is C15H18BrNO4. The molecule has 1 aliphatic heterocycles. The van der Waals surface area contributed by atoms with E-state index >= 15 is 0 Å². The molecule has 2 atom stereocenters. The van der Waals surface area contributed by atoms with E-state index in [0.717, 1.165) is 16.5 Å². The third-order valence-corrected chi connectivity index (χ3v) is 4.12. The topological polar surface area (TPSA) is 66.8 Å². The van der Waals surface area contributed by atoms with Gasteiger partial charge in [0.05, 0.1) is 0 Å². The number of likely N-dealkylation sites (N-methyl/N-ethyl adjacent to an activating group) is 1. The molecule has 2 rings (SSSR count). The van der Waals surface area contributed by atoms with E-state index in [4.69, 9.17) is 9.84 Å². The van der Waals surface area contributed by atoms with Gasteiger partial charge in [-0.15, -0.1) is 0 Å². The van der Waals surface area contributed by atoms with Crippen LogP contribution in [0.2, 0.25) is 0 Å². The van der Waals surface area contributed by atoms with Crippen LogP contribution < -0.4 is 0 Å². The fourth-order valence-corrected chi connectivity index (χ4v) is 2.57. The van der Waals surface area contributed by atoms with E-state index in [9.17, 15) is 9.59 Å². The van der Waals surface area contributed by atoms with Crippen molar-refractivity contribution < 1.29 is 19.4 Å². The normalized spacial score (nSPS) is 21.2. The molecule has 0 spiro atoms. The van der Waals surface area contributed by atoms with Crippen LogP contribution in [-0.4, -0.2) is 47.7 Å². The Morgan fingerprint density at radius 3 is 2.48 bits per heavy atom. The average molecular weight is 356 g/mol. The molecule has 0 aliphatic carbocycles. The fourth-order valence-electron chi connectivity index (χ4n) is 2.30. The summed E-state index contributed by atoms with van der Waals surface area (Å²) in [5, 5.41) is 8.87. The summed E-state index contributed by atoms with van der Waals surface area (Å²) in [4.78, 5) is 24.6. The number of carboxylic acid groups (broad SMARTS) is 1. The van der Waals surface area contributed by atoms with Crippen LogP contribution in [0.15, 0.2) is 28.7 Å². The largest absolute Gasteiger partial charge is 0.479 e. The zero-order chi connectivity index (χ0) is 15.4. The lowest BCUT2D eigenvalue weighted by atomic mass is 10.1. The van der Waals surface area contributed by atoms with Gasteiger partial charge in [-0.05, 0) is 37.0 Å². The van der Waals surface area contributed by atoms with E-state index in [1.165, 1.54) is 0 Å². The van der Waals surface area contributed by atoms with Crippen LogP contribution >= 0.6 is 15.9 Å². The van der Waals surface area contributed by atoms with Crippen molar-refractivity contribution in [1.82, 2.24) is 4.90 Å². The molecule has 1 saturated heterocycles. The van der Waals surface area contributed by atoms with Gasteiger partial charge in [-0.1, -0.05) is 28.1 Å². The van der Waals surface area contributed by atoms with Gasteiger partial charge in [-0.3, -0.25) is 4.79 Å². The van der Waals surface area contributed by atoms with Crippen molar-refractivity contribution in [1.29, 1.82) is 0 Å². The Kier molecular flexibility index (Phi) is 5.36. The summed E-state index contributed by atoms with van der Waals surface area (Å²) in [5.41, 5.74) is 1.15. The maximum atomic E-state index is 12.2. The second-order valence-corrected chi connectivity index (χ2v) is 6.08. The van der Waals surface area contributed by atoms with Gasteiger partial charge in [0, 0.05) is 18.1 Å². The monoisotopic (exact) mass is 355 g/mol. The Balaban J connectivity index is 1.83. The Labute approximate surface area is 132 Å². The Bertz CT molecular complexity index is 517. The molecule has 1 heterocycles. The average Bonchev–Trinajstić information content (AvgIpc) is 2.95. The van der Waals surface area contributed by atoms with E-state index in [1.54, 1.807) is 11.9 Å². The van der Waals surface area contributed by atoms with Crippen LogP contribution in [-0.2, 0) is 20.7 Å². The second kappa shape index (κ2) is 7.04. The number of nitrogens with zero attached hydrogens (tertiary/aromatic N) is 1. The van der Waals surface area contributed by atoms with E-state index in [0.29, 0.717) is 19.4 Å². The van der Waals surface area contributed by atoms with Gasteiger partial charge in [-0.25, -0.2) is 4.79 Å². The van der Waals surface area contributed by atoms with Gasteiger partial charge >= 0.3 is 5.97 Å². The van der Waals surface area contributed by atoms with Gasteiger partial charge < -0.3 is 14.7 Å². The number of carboxylic acids is 1. The molecule has 1 N–H and O–H groups in total. The molecule has 1 amide bonds. The predicted octanol–water partition coefficient (Wildman–Crippen LogP) is 2.08. The second-order valence-electron chi connectivity index (χ2n) is 5.17. The zero-order valence-electron chi connectivity index (χ0n) is 11.8. The van der Waals surface area contributed by atoms with Crippen molar-refractivity contribution in [3.8, 4) is 0 Å². The van der Waals surface area contributed by atoms with E-state index < -0.39 is 18.2 Å². The minimum atomic E-state index is -0.997. The highest BCUT2D eigenvalue weighted by atomic mass is 79.9. The zero-order valence-corrected chi connectivity index (χ0v) is 13.4. The number of rotatable bonds is 5. The maximum absolute atomic E-state index is 12.2. The Hall–Kier alpha value is -1.40. The number of carbonyl (C=O) groups is 2. The summed E-state index contributed by atoms with van der Waals surface area (Å²) in [6, 6.07) is 7.95. The first-order valence-corrected chi connectivity index (χ1v) is 7.64. The highest BCUT2D eigenvalue weighted by molar-refractivity contribution is 9.10. The molecular weight excluding hydrogens is 338 g/mol. The van der Waals surface area contributed by atoms with Crippen molar-refractivity contribution in [2.24, 2.45) is 0 Å². The van der Waals surface area contributed by atoms with Gasteiger partial charge in [0.15, 0.2) is 6.10 Å². The third-order valence-electron chi connectivity index (χ3n) is 3.60. The first-order chi connectivity index (χ1) is 9.97. The van der Waals surface area contributed by atoms with Crippen molar-refractivity contribution >= 4 is 27.8 Å². The molecule has 0 radical (unpaired) electrons. The predicted molar refractivity (Wildman–Crippen MR) is 81.0 cm³/mol. The standard InChI is InChI=1S/C15H18BrNO4/c1-17(9-8-10-2-4-11(16)5-3-10)14(18)12-6-7-13(21-12)15(19)20/h2-5,12-13H,6-9H2,1H3,(H,19,20)/t12-,13+/m0/s1. The molecule has 1 fully saturated rings. The molecule has 0 bridgehead atoms. The van der Waals surface area contributed by atoms with Crippen LogP contribution in [0.5, 0.6) is 0 Å². The van der Waals surface area contributed by atoms with Crippen LogP contribution in [0, 0.1) is 0 Å². The summed E-state index contributed by atoms with van der Waals surface area (Å²) in [6.45, 7) is 0.581. The van der Waals surface area contributed by atoms with Gasteiger partial charge in [-0.2, -0.15) is 0 Å². The number of amides is 1. The highest BCUT2D eigenvalue weighted by Gasteiger charge is 2.35. The van der Waals surface area contributed by atoms with Gasteiger partial charge in [0.25, 0.3) is 5.91 Å². The first kappa shape index (κ1) is 16.0. The summed E-state index contributed by atoms with van der Waals surface area (Å²) in [6.07, 6.45) is 0.148. The number of aliphatic carboxylic acids is 1. The van der Waals surface area contributed by atoms with Crippen LogP contribution in [0.1, 0.15) is 18.4 Å². The molecule has 1 aliphatic rings. The van der Waals surface area contributed by atoms with Gasteiger partial charge in [0.1, 0.15) is 6.10 Å². The first-order valence-electron chi connectivity index (χ1n) is 6.85. The molecule has 6 heteroatoms. The molecule has 0 aromatic heterocycles. The van der Waals surface area contributed by atoms with Crippen molar-refractivity contribution in [3.63, 3.8) is 0 Å². The minimum Gasteiger partial charge on any atom is -0.479 e. The van der Waals surface area contributed by atoms with E-state index in [-0.39, 0.29) is 5.91 Å². The Morgan fingerprint density at radius 2 is 1.90 bits per heavy atom. The number of hydrogen-bond acceptors (Lipinski definition) is 3. The number of benzene rings is 1. The summed E-state index contributed by atoms with van der Waals surface area (Å²) in [7, 11) is 1.72.